The SMILES string of the molecule is COc1cc(C(=O)NCC(C)O)nc2ccccc12.c1nc(N2CCCC2)c2[nH]cnc2n1. The number of imidazole rings is 1. The number of rotatable bonds is 5. The molecule has 4 heterocycles. The molecule has 0 aliphatic carbocycles. The van der Waals surface area contributed by atoms with E-state index in [-0.39, 0.29) is 18.1 Å². The first kappa shape index (κ1) is 22.4. The van der Waals surface area contributed by atoms with Crippen molar-refractivity contribution < 1.29 is 14.6 Å². The minimum absolute atomic E-state index is 0.190. The number of H-pyrrole nitrogens is 1. The number of benzene rings is 1. The fourth-order valence-electron chi connectivity index (χ4n) is 3.68. The van der Waals surface area contributed by atoms with E-state index in [0.717, 1.165) is 35.5 Å². The van der Waals surface area contributed by atoms with Crippen molar-refractivity contribution in [2.24, 2.45) is 0 Å². The van der Waals surface area contributed by atoms with Crippen LogP contribution >= 0.6 is 0 Å². The molecular formula is C23H27N7O3. The van der Waals surface area contributed by atoms with Crippen molar-refractivity contribution in [1.82, 2.24) is 30.2 Å². The number of methoxy groups -OCH3 is 1. The number of fused-ring (bicyclic) bond motifs is 2. The van der Waals surface area contributed by atoms with E-state index in [1.54, 1.807) is 32.8 Å². The summed E-state index contributed by atoms with van der Waals surface area (Å²) in [5, 5.41) is 12.6. The first-order valence-electron chi connectivity index (χ1n) is 10.9. The Balaban J connectivity index is 0.000000163. The van der Waals surface area contributed by atoms with Gasteiger partial charge >= 0.3 is 0 Å². The number of aliphatic hydroxyl groups excluding tert-OH is 1. The number of nitrogens with zero attached hydrogens (tertiary/aromatic N) is 5. The minimum atomic E-state index is -0.591. The highest BCUT2D eigenvalue weighted by Gasteiger charge is 2.17. The third kappa shape index (κ3) is 5.17. The number of amides is 1. The van der Waals surface area contributed by atoms with E-state index in [1.165, 1.54) is 12.8 Å². The molecule has 1 atom stereocenters. The van der Waals surface area contributed by atoms with Gasteiger partial charge in [0.2, 0.25) is 0 Å². The highest BCUT2D eigenvalue weighted by Crippen LogP contribution is 2.25. The van der Waals surface area contributed by atoms with E-state index in [4.69, 9.17) is 9.84 Å². The highest BCUT2D eigenvalue weighted by molar-refractivity contribution is 5.97. The zero-order valence-electron chi connectivity index (χ0n) is 18.7. The largest absolute Gasteiger partial charge is 0.496 e. The molecule has 1 saturated heterocycles. The van der Waals surface area contributed by atoms with Crippen LogP contribution in [-0.4, -0.2) is 68.8 Å². The van der Waals surface area contributed by atoms with Gasteiger partial charge in [0.25, 0.3) is 5.91 Å². The normalized spacial score (nSPS) is 14.1. The molecule has 0 radical (unpaired) electrons. The van der Waals surface area contributed by atoms with Crippen molar-refractivity contribution >= 4 is 33.8 Å². The van der Waals surface area contributed by atoms with Crippen molar-refractivity contribution in [3.8, 4) is 5.75 Å². The molecule has 10 nitrogen and oxygen atoms in total. The first-order valence-corrected chi connectivity index (χ1v) is 10.9. The molecule has 4 aromatic rings. The molecule has 0 spiro atoms. The number of aliphatic hydroxyl groups is 1. The van der Waals surface area contributed by atoms with E-state index in [2.05, 4.69) is 35.1 Å². The third-order valence-corrected chi connectivity index (χ3v) is 5.30. The van der Waals surface area contributed by atoms with Gasteiger partial charge in [-0.05, 0) is 31.9 Å². The summed E-state index contributed by atoms with van der Waals surface area (Å²) in [6.45, 7) is 3.97. The zero-order valence-corrected chi connectivity index (χ0v) is 18.7. The molecule has 1 aliphatic heterocycles. The maximum absolute atomic E-state index is 11.9. The number of pyridine rings is 1. The fourth-order valence-corrected chi connectivity index (χ4v) is 3.68. The first-order chi connectivity index (χ1) is 16.1. The van der Waals surface area contributed by atoms with Crippen LogP contribution in [-0.2, 0) is 0 Å². The number of carbonyl (C=O) groups excluding carboxylic acids is 1. The predicted molar refractivity (Wildman–Crippen MR) is 125 cm³/mol. The summed E-state index contributed by atoms with van der Waals surface area (Å²) in [6, 6.07) is 9.05. The summed E-state index contributed by atoms with van der Waals surface area (Å²) in [5.74, 6) is 1.27. The van der Waals surface area contributed by atoms with Gasteiger partial charge in [0.1, 0.15) is 23.3 Å². The molecular weight excluding hydrogens is 422 g/mol. The quantitative estimate of drug-likeness (QED) is 0.423. The molecule has 3 aromatic heterocycles. The smallest absolute Gasteiger partial charge is 0.270 e. The van der Waals surface area contributed by atoms with E-state index in [0.29, 0.717) is 11.3 Å². The monoisotopic (exact) mass is 449 g/mol. The number of carbonyl (C=O) groups is 1. The van der Waals surface area contributed by atoms with Crippen LogP contribution in [0.3, 0.4) is 0 Å². The molecule has 1 amide bonds. The van der Waals surface area contributed by atoms with Crippen LogP contribution in [0.5, 0.6) is 5.75 Å². The lowest BCUT2D eigenvalue weighted by Gasteiger charge is -2.15. The van der Waals surface area contributed by atoms with E-state index >= 15 is 0 Å². The summed E-state index contributed by atoms with van der Waals surface area (Å²) < 4.78 is 5.27. The Bertz CT molecular complexity index is 1240. The maximum Gasteiger partial charge on any atom is 0.270 e. The van der Waals surface area contributed by atoms with E-state index in [1.807, 2.05) is 24.3 Å². The third-order valence-electron chi connectivity index (χ3n) is 5.30. The molecule has 1 aliphatic rings. The van der Waals surface area contributed by atoms with Crippen molar-refractivity contribution in [1.29, 1.82) is 0 Å². The second kappa shape index (κ2) is 10.2. The molecule has 0 bridgehead atoms. The number of aromatic amines is 1. The molecule has 1 unspecified atom stereocenters. The second-order valence-electron chi connectivity index (χ2n) is 7.78. The summed E-state index contributed by atoms with van der Waals surface area (Å²) >= 11 is 0. The molecule has 1 aromatic carbocycles. The van der Waals surface area contributed by atoms with Gasteiger partial charge in [-0.1, -0.05) is 12.1 Å². The van der Waals surface area contributed by atoms with Crippen molar-refractivity contribution in [3.63, 3.8) is 0 Å². The molecule has 1 fully saturated rings. The van der Waals surface area contributed by atoms with E-state index in [9.17, 15) is 4.79 Å². The van der Waals surface area contributed by atoms with Gasteiger partial charge in [-0.15, -0.1) is 0 Å². The summed E-state index contributed by atoms with van der Waals surface area (Å²) in [6.07, 6.45) is 5.15. The number of aromatic nitrogens is 5. The van der Waals surface area contributed by atoms with Crippen LogP contribution in [0, 0.1) is 0 Å². The van der Waals surface area contributed by atoms with Crippen molar-refractivity contribution in [2.45, 2.75) is 25.9 Å². The Hall–Kier alpha value is -3.79. The number of anilines is 1. The average molecular weight is 450 g/mol. The fraction of sp³-hybridized carbons (Fsp3) is 0.348. The summed E-state index contributed by atoms with van der Waals surface area (Å²) in [5.41, 5.74) is 2.68. The molecule has 3 N–H and O–H groups in total. The standard InChI is InChI=1S/C14H16N2O3.C9H11N5/c1-9(17)8-15-14(18)12-7-13(19-2)10-5-3-4-6-11(10)16-12;1-2-4-14(3-1)9-7-8(11-5-10-7)12-6-13-9/h3-7,9,17H,8H2,1-2H3,(H,15,18);5-6H,1-4H2,(H,10,11,12,13). The number of nitrogens with one attached hydrogen (secondary N) is 2. The average Bonchev–Trinajstić information content (AvgIpc) is 3.54. The lowest BCUT2D eigenvalue weighted by atomic mass is 10.1. The highest BCUT2D eigenvalue weighted by atomic mass is 16.5. The van der Waals surface area contributed by atoms with Crippen molar-refractivity contribution in [2.75, 3.05) is 31.6 Å². The van der Waals surface area contributed by atoms with Gasteiger partial charge in [-0.25, -0.2) is 19.9 Å². The van der Waals surface area contributed by atoms with Gasteiger partial charge in [0.05, 0.1) is 25.1 Å². The van der Waals surface area contributed by atoms with Crippen LogP contribution in [0.1, 0.15) is 30.3 Å². The van der Waals surface area contributed by atoms with Gasteiger partial charge in [-0.2, -0.15) is 0 Å². The number of hydrogen-bond acceptors (Lipinski definition) is 8. The van der Waals surface area contributed by atoms with Crippen LogP contribution in [0.2, 0.25) is 0 Å². The minimum Gasteiger partial charge on any atom is -0.496 e. The number of hydrogen-bond donors (Lipinski definition) is 3. The van der Waals surface area contributed by atoms with Crippen LogP contribution in [0.25, 0.3) is 22.1 Å². The van der Waals surface area contributed by atoms with Crippen molar-refractivity contribution in [3.05, 3.63) is 48.7 Å². The lowest BCUT2D eigenvalue weighted by Crippen LogP contribution is -2.31. The van der Waals surface area contributed by atoms with Gasteiger partial charge in [0.15, 0.2) is 11.5 Å². The molecule has 33 heavy (non-hydrogen) atoms. The van der Waals surface area contributed by atoms with Crippen LogP contribution in [0.4, 0.5) is 5.82 Å². The van der Waals surface area contributed by atoms with Gasteiger partial charge < -0.3 is 25.0 Å². The van der Waals surface area contributed by atoms with Gasteiger partial charge in [0, 0.05) is 31.1 Å². The number of para-hydroxylation sites is 1. The predicted octanol–water partition coefficient (Wildman–Crippen LogP) is 2.31. The number of ether oxygens (including phenoxy) is 1. The Morgan fingerprint density at radius 3 is 2.79 bits per heavy atom. The maximum atomic E-state index is 11.9. The molecule has 5 rings (SSSR count). The van der Waals surface area contributed by atoms with Crippen LogP contribution < -0.4 is 15.0 Å². The second-order valence-corrected chi connectivity index (χ2v) is 7.78. The Kier molecular flexibility index (Phi) is 6.94. The van der Waals surface area contributed by atoms with Gasteiger partial charge in [-0.3, -0.25) is 4.79 Å². The Labute approximate surface area is 191 Å². The molecule has 10 heteroatoms. The summed E-state index contributed by atoms with van der Waals surface area (Å²) in [4.78, 5) is 34.1. The topological polar surface area (TPSA) is 129 Å². The lowest BCUT2D eigenvalue weighted by molar-refractivity contribution is 0.0919. The zero-order chi connectivity index (χ0) is 23.2. The summed E-state index contributed by atoms with van der Waals surface area (Å²) in [7, 11) is 1.55. The Morgan fingerprint density at radius 2 is 2.03 bits per heavy atom. The molecule has 0 saturated carbocycles. The van der Waals surface area contributed by atoms with E-state index < -0.39 is 6.10 Å². The van der Waals surface area contributed by atoms with Crippen LogP contribution in [0.15, 0.2) is 43.0 Å². The Morgan fingerprint density at radius 1 is 1.24 bits per heavy atom. The molecule has 172 valence electrons.